The normalized spacial score (nSPS) is 10.8. The van der Waals surface area contributed by atoms with Crippen molar-refractivity contribution in [3.05, 3.63) is 54.2 Å². The van der Waals surface area contributed by atoms with Gasteiger partial charge in [0.2, 0.25) is 0 Å². The highest BCUT2D eigenvalue weighted by molar-refractivity contribution is 5.87. The minimum absolute atomic E-state index is 0.197. The summed E-state index contributed by atoms with van der Waals surface area (Å²) in [4.78, 5) is 4.21. The summed E-state index contributed by atoms with van der Waals surface area (Å²) in [5.74, 6) is -1.04. The molecule has 0 aliphatic carbocycles. The Kier molecular flexibility index (Phi) is 3.13. The van der Waals surface area contributed by atoms with E-state index in [0.717, 1.165) is 6.07 Å². The Morgan fingerprint density at radius 2 is 1.95 bits per heavy atom. The van der Waals surface area contributed by atoms with Crippen LogP contribution in [0.15, 0.2) is 42.6 Å². The second-order valence-electron chi connectivity index (χ2n) is 4.57. The molecule has 0 saturated carbocycles. The summed E-state index contributed by atoms with van der Waals surface area (Å²) < 4.78 is 28.6. The summed E-state index contributed by atoms with van der Waals surface area (Å²) in [7, 11) is 1.66. The van der Waals surface area contributed by atoms with Crippen LogP contribution in [0, 0.1) is 11.6 Å². The molecule has 0 fully saturated rings. The molecule has 0 unspecified atom stereocenters. The number of halogens is 2. The van der Waals surface area contributed by atoms with Crippen molar-refractivity contribution in [1.29, 1.82) is 0 Å². The first-order valence-corrected chi connectivity index (χ1v) is 6.27. The molecule has 0 aliphatic heterocycles. The molecular weight excluding hydrogens is 274 g/mol. The number of nitrogen functional groups attached to an aromatic ring is 1. The van der Waals surface area contributed by atoms with Crippen molar-refractivity contribution in [1.82, 2.24) is 14.8 Å². The van der Waals surface area contributed by atoms with E-state index >= 15 is 0 Å². The van der Waals surface area contributed by atoms with Crippen LogP contribution in [0.4, 0.5) is 14.6 Å². The van der Waals surface area contributed by atoms with Gasteiger partial charge in [0.05, 0.1) is 11.3 Å². The number of nitrogens with zero attached hydrogens (tertiary/aromatic N) is 3. The minimum atomic E-state index is -0.688. The number of aromatic nitrogens is 3. The van der Waals surface area contributed by atoms with Gasteiger partial charge in [0.1, 0.15) is 23.1 Å². The lowest BCUT2D eigenvalue weighted by atomic mass is 10.0. The van der Waals surface area contributed by atoms with Crippen molar-refractivity contribution in [2.24, 2.45) is 7.05 Å². The molecule has 106 valence electrons. The summed E-state index contributed by atoms with van der Waals surface area (Å²) >= 11 is 0. The number of pyridine rings is 1. The Morgan fingerprint density at radius 1 is 1.14 bits per heavy atom. The molecule has 2 N–H and O–H groups in total. The van der Waals surface area contributed by atoms with Crippen LogP contribution in [0.5, 0.6) is 0 Å². The molecule has 0 atom stereocenters. The van der Waals surface area contributed by atoms with E-state index in [1.165, 1.54) is 16.8 Å². The van der Waals surface area contributed by atoms with Gasteiger partial charge in [-0.2, -0.15) is 5.10 Å². The second-order valence-corrected chi connectivity index (χ2v) is 4.57. The van der Waals surface area contributed by atoms with Crippen molar-refractivity contribution in [2.75, 3.05) is 5.73 Å². The Bertz CT molecular complexity index is 797. The lowest BCUT2D eigenvalue weighted by Crippen LogP contribution is -1.98. The van der Waals surface area contributed by atoms with Crippen LogP contribution in [0.3, 0.4) is 0 Å². The second kappa shape index (κ2) is 4.97. The van der Waals surface area contributed by atoms with Crippen LogP contribution < -0.4 is 5.73 Å². The summed E-state index contributed by atoms with van der Waals surface area (Å²) in [6.45, 7) is 0. The predicted molar refractivity (Wildman–Crippen MR) is 76.2 cm³/mol. The van der Waals surface area contributed by atoms with Crippen molar-refractivity contribution in [3.63, 3.8) is 0 Å². The zero-order valence-electron chi connectivity index (χ0n) is 11.2. The standard InChI is InChI=1S/C15H12F2N4/c1-21-15(18)13(10-6-5-9(16)8-11(10)17)14(20-21)12-4-2-3-7-19-12/h2-8H,18H2,1H3. The van der Waals surface area contributed by atoms with Crippen molar-refractivity contribution in [3.8, 4) is 22.5 Å². The smallest absolute Gasteiger partial charge is 0.134 e. The molecule has 6 heteroatoms. The molecule has 0 radical (unpaired) electrons. The van der Waals surface area contributed by atoms with E-state index in [4.69, 9.17) is 5.73 Å². The van der Waals surface area contributed by atoms with E-state index in [2.05, 4.69) is 10.1 Å². The first kappa shape index (κ1) is 13.2. The first-order valence-electron chi connectivity index (χ1n) is 6.27. The summed E-state index contributed by atoms with van der Waals surface area (Å²) in [5.41, 5.74) is 7.63. The third-order valence-electron chi connectivity index (χ3n) is 3.20. The molecule has 2 heterocycles. The van der Waals surface area contributed by atoms with Gasteiger partial charge in [-0.1, -0.05) is 6.07 Å². The SMILES string of the molecule is Cn1nc(-c2ccccn2)c(-c2ccc(F)cc2F)c1N. The molecule has 0 amide bonds. The van der Waals surface area contributed by atoms with Crippen LogP contribution in [-0.4, -0.2) is 14.8 Å². The maximum atomic E-state index is 14.1. The zero-order chi connectivity index (χ0) is 15.0. The Labute approximate surface area is 119 Å². The van der Waals surface area contributed by atoms with Gasteiger partial charge in [0.25, 0.3) is 0 Å². The summed E-state index contributed by atoms with van der Waals surface area (Å²) in [6.07, 6.45) is 1.62. The quantitative estimate of drug-likeness (QED) is 0.788. The fraction of sp³-hybridized carbons (Fsp3) is 0.0667. The number of benzene rings is 1. The van der Waals surface area contributed by atoms with Gasteiger partial charge in [-0.25, -0.2) is 8.78 Å². The maximum Gasteiger partial charge on any atom is 0.134 e. The van der Waals surface area contributed by atoms with Crippen LogP contribution >= 0.6 is 0 Å². The molecule has 2 aromatic heterocycles. The summed E-state index contributed by atoms with van der Waals surface area (Å²) in [5, 5.41) is 4.29. The highest BCUT2D eigenvalue weighted by Crippen LogP contribution is 2.36. The van der Waals surface area contributed by atoms with Gasteiger partial charge in [0, 0.05) is 24.9 Å². The lowest BCUT2D eigenvalue weighted by Gasteiger charge is -2.05. The Balaban J connectivity index is 2.27. The molecule has 1 aromatic carbocycles. The van der Waals surface area contributed by atoms with Gasteiger partial charge in [-0.3, -0.25) is 9.67 Å². The van der Waals surface area contributed by atoms with E-state index in [0.29, 0.717) is 22.8 Å². The predicted octanol–water partition coefficient (Wildman–Crippen LogP) is 3.01. The monoisotopic (exact) mass is 286 g/mol. The molecular formula is C15H12F2N4. The van der Waals surface area contributed by atoms with E-state index < -0.39 is 11.6 Å². The molecule has 0 aliphatic rings. The number of hydrogen-bond donors (Lipinski definition) is 1. The third kappa shape index (κ3) is 2.24. The number of rotatable bonds is 2. The topological polar surface area (TPSA) is 56.7 Å². The summed E-state index contributed by atoms with van der Waals surface area (Å²) in [6, 6.07) is 8.69. The van der Waals surface area contributed by atoms with Crippen molar-refractivity contribution in [2.45, 2.75) is 0 Å². The molecule has 4 nitrogen and oxygen atoms in total. The van der Waals surface area contributed by atoms with Crippen molar-refractivity contribution >= 4 is 5.82 Å². The van der Waals surface area contributed by atoms with Crippen molar-refractivity contribution < 1.29 is 8.78 Å². The first-order chi connectivity index (χ1) is 10.1. The third-order valence-corrected chi connectivity index (χ3v) is 3.20. The fourth-order valence-corrected chi connectivity index (χ4v) is 2.18. The number of aryl methyl sites for hydroxylation is 1. The maximum absolute atomic E-state index is 14.1. The molecule has 0 saturated heterocycles. The van der Waals surface area contributed by atoms with E-state index in [1.54, 1.807) is 31.4 Å². The lowest BCUT2D eigenvalue weighted by molar-refractivity contribution is 0.585. The highest BCUT2D eigenvalue weighted by atomic mass is 19.1. The van der Waals surface area contributed by atoms with E-state index in [9.17, 15) is 8.78 Å². The number of anilines is 1. The molecule has 3 aromatic rings. The van der Waals surface area contributed by atoms with Gasteiger partial charge < -0.3 is 5.73 Å². The fourth-order valence-electron chi connectivity index (χ4n) is 2.18. The van der Waals surface area contributed by atoms with E-state index in [-0.39, 0.29) is 5.56 Å². The average Bonchev–Trinajstić information content (AvgIpc) is 2.76. The van der Waals surface area contributed by atoms with Crippen LogP contribution in [0.2, 0.25) is 0 Å². The van der Waals surface area contributed by atoms with Gasteiger partial charge >= 0.3 is 0 Å². The molecule has 3 rings (SSSR count). The highest BCUT2D eigenvalue weighted by Gasteiger charge is 2.20. The van der Waals surface area contributed by atoms with Gasteiger partial charge in [-0.15, -0.1) is 0 Å². The van der Waals surface area contributed by atoms with Gasteiger partial charge in [-0.05, 0) is 24.3 Å². The van der Waals surface area contributed by atoms with Crippen LogP contribution in [-0.2, 0) is 7.05 Å². The van der Waals surface area contributed by atoms with Crippen LogP contribution in [0.1, 0.15) is 0 Å². The Morgan fingerprint density at radius 3 is 2.62 bits per heavy atom. The van der Waals surface area contributed by atoms with Gasteiger partial charge in [0.15, 0.2) is 0 Å². The average molecular weight is 286 g/mol. The Hall–Kier alpha value is -2.76. The number of hydrogen-bond acceptors (Lipinski definition) is 3. The largest absolute Gasteiger partial charge is 0.383 e. The number of nitrogens with two attached hydrogens (primary N) is 1. The van der Waals surface area contributed by atoms with Crippen LogP contribution in [0.25, 0.3) is 22.5 Å². The van der Waals surface area contributed by atoms with E-state index in [1.807, 2.05) is 0 Å². The molecule has 0 spiro atoms. The molecule has 0 bridgehead atoms. The minimum Gasteiger partial charge on any atom is -0.383 e. The zero-order valence-corrected chi connectivity index (χ0v) is 11.2. The molecule has 21 heavy (non-hydrogen) atoms.